The molecule has 2 aromatic carbocycles. The van der Waals surface area contributed by atoms with Gasteiger partial charge in [0, 0.05) is 27.2 Å². The second-order valence-electron chi connectivity index (χ2n) is 6.19. The topological polar surface area (TPSA) is 62.8 Å². The number of nitrogens with zero attached hydrogens (tertiary/aromatic N) is 1. The van der Waals surface area contributed by atoms with Crippen LogP contribution in [0.3, 0.4) is 0 Å². The van der Waals surface area contributed by atoms with Gasteiger partial charge in [0.2, 0.25) is 0 Å². The van der Waals surface area contributed by atoms with Crippen LogP contribution in [0, 0.1) is 5.82 Å². The molecule has 138 valence electrons. The van der Waals surface area contributed by atoms with Gasteiger partial charge in [-0.25, -0.2) is 9.18 Å². The van der Waals surface area contributed by atoms with Crippen LogP contribution >= 0.6 is 0 Å². The lowest BCUT2D eigenvalue weighted by Gasteiger charge is -2.19. The Balaban J connectivity index is 1.49. The number of ether oxygens (including phenoxy) is 2. The largest absolute Gasteiger partial charge is 0.486 e. The van der Waals surface area contributed by atoms with Gasteiger partial charge in [0.15, 0.2) is 11.5 Å². The molecule has 26 heavy (non-hydrogen) atoms. The Morgan fingerprint density at radius 3 is 2.27 bits per heavy atom. The summed E-state index contributed by atoms with van der Waals surface area (Å²) in [6, 6.07) is 10.2. The molecule has 0 unspecified atom stereocenters. The van der Waals surface area contributed by atoms with Gasteiger partial charge in [0.05, 0.1) is 5.69 Å². The maximum atomic E-state index is 13.9. The van der Waals surface area contributed by atoms with Crippen LogP contribution in [0.1, 0.15) is 11.1 Å². The maximum absolute atomic E-state index is 13.9. The molecule has 0 saturated heterocycles. The molecule has 0 spiro atoms. The SMILES string of the molecule is CN(C)c1ccc(CNC(=O)NCc2ccc3c(c2)OCCO3)cc1F. The number of amides is 2. The maximum Gasteiger partial charge on any atom is 0.315 e. The van der Waals surface area contributed by atoms with E-state index in [1.807, 2.05) is 18.2 Å². The summed E-state index contributed by atoms with van der Waals surface area (Å²) in [4.78, 5) is 13.7. The van der Waals surface area contributed by atoms with Gasteiger partial charge < -0.3 is 25.0 Å². The Kier molecular flexibility index (Phi) is 5.46. The van der Waals surface area contributed by atoms with E-state index in [1.54, 1.807) is 31.1 Å². The van der Waals surface area contributed by atoms with Crippen LogP contribution in [0.15, 0.2) is 36.4 Å². The van der Waals surface area contributed by atoms with Crippen molar-refractivity contribution < 1.29 is 18.7 Å². The Morgan fingerprint density at radius 1 is 1.00 bits per heavy atom. The van der Waals surface area contributed by atoms with Crippen LogP contribution in [0.4, 0.5) is 14.9 Å². The molecule has 0 atom stereocenters. The average molecular weight is 359 g/mol. The minimum Gasteiger partial charge on any atom is -0.486 e. The van der Waals surface area contributed by atoms with Gasteiger partial charge >= 0.3 is 6.03 Å². The van der Waals surface area contributed by atoms with E-state index < -0.39 is 0 Å². The highest BCUT2D eigenvalue weighted by Crippen LogP contribution is 2.30. The summed E-state index contributed by atoms with van der Waals surface area (Å²) in [5.74, 6) is 1.09. The highest BCUT2D eigenvalue weighted by Gasteiger charge is 2.12. The van der Waals surface area contributed by atoms with Crippen molar-refractivity contribution in [2.24, 2.45) is 0 Å². The summed E-state index contributed by atoms with van der Waals surface area (Å²) >= 11 is 0. The molecule has 1 aliphatic heterocycles. The van der Waals surface area contributed by atoms with Crippen LogP contribution in [-0.4, -0.2) is 33.3 Å². The molecule has 0 bridgehead atoms. The predicted octanol–water partition coefficient (Wildman–Crippen LogP) is 2.66. The van der Waals surface area contributed by atoms with Gasteiger partial charge in [-0.3, -0.25) is 0 Å². The van der Waals surface area contributed by atoms with Gasteiger partial charge in [-0.05, 0) is 35.4 Å². The number of carbonyl (C=O) groups excluding carboxylic acids is 1. The molecule has 3 rings (SSSR count). The standard InChI is InChI=1S/C19H22FN3O3/c1-23(2)16-5-3-13(9-15(16)20)11-21-19(24)22-12-14-4-6-17-18(10-14)26-8-7-25-17/h3-6,9-10H,7-8,11-12H2,1-2H3,(H2,21,22,24). The minimum absolute atomic E-state index is 0.248. The van der Waals surface area contributed by atoms with E-state index in [9.17, 15) is 9.18 Å². The average Bonchev–Trinajstić information content (AvgIpc) is 2.64. The van der Waals surface area contributed by atoms with Crippen LogP contribution < -0.4 is 25.0 Å². The molecule has 0 aromatic heterocycles. The molecule has 6 nitrogen and oxygen atoms in total. The monoisotopic (exact) mass is 359 g/mol. The van der Waals surface area contributed by atoms with E-state index in [-0.39, 0.29) is 18.4 Å². The summed E-state index contributed by atoms with van der Waals surface area (Å²) in [5.41, 5.74) is 2.12. The molecule has 0 radical (unpaired) electrons. The van der Waals surface area contributed by atoms with Crippen LogP contribution in [0.5, 0.6) is 11.5 Å². The summed E-state index contributed by atoms with van der Waals surface area (Å²) in [6.07, 6.45) is 0. The lowest BCUT2D eigenvalue weighted by atomic mass is 10.2. The third-order valence-corrected chi connectivity index (χ3v) is 4.01. The van der Waals surface area contributed by atoms with Crippen molar-refractivity contribution in [1.82, 2.24) is 10.6 Å². The predicted molar refractivity (Wildman–Crippen MR) is 97.2 cm³/mol. The van der Waals surface area contributed by atoms with Crippen LogP contribution in [-0.2, 0) is 13.1 Å². The van der Waals surface area contributed by atoms with E-state index in [4.69, 9.17) is 9.47 Å². The summed E-state index contributed by atoms with van der Waals surface area (Å²) in [6.45, 7) is 1.67. The lowest BCUT2D eigenvalue weighted by Crippen LogP contribution is -2.34. The van der Waals surface area contributed by atoms with Gasteiger partial charge in [-0.15, -0.1) is 0 Å². The van der Waals surface area contributed by atoms with Crippen molar-refractivity contribution in [1.29, 1.82) is 0 Å². The summed E-state index contributed by atoms with van der Waals surface area (Å²) in [5, 5.41) is 5.49. The fourth-order valence-electron chi connectivity index (χ4n) is 2.65. The van der Waals surface area contributed by atoms with Gasteiger partial charge in [-0.1, -0.05) is 12.1 Å². The molecule has 1 aliphatic rings. The van der Waals surface area contributed by atoms with E-state index in [0.29, 0.717) is 42.5 Å². The highest BCUT2D eigenvalue weighted by molar-refractivity contribution is 5.73. The number of fused-ring (bicyclic) bond motifs is 1. The minimum atomic E-state index is -0.322. The Morgan fingerprint density at radius 2 is 1.62 bits per heavy atom. The fraction of sp³-hybridized carbons (Fsp3) is 0.316. The number of anilines is 1. The third-order valence-electron chi connectivity index (χ3n) is 4.01. The highest BCUT2D eigenvalue weighted by atomic mass is 19.1. The van der Waals surface area contributed by atoms with Crippen molar-refractivity contribution in [2.45, 2.75) is 13.1 Å². The molecule has 2 N–H and O–H groups in total. The zero-order valence-electron chi connectivity index (χ0n) is 14.8. The smallest absolute Gasteiger partial charge is 0.315 e. The molecule has 0 aliphatic carbocycles. The number of urea groups is 1. The van der Waals surface area contributed by atoms with E-state index in [1.165, 1.54) is 6.07 Å². The van der Waals surface area contributed by atoms with E-state index >= 15 is 0 Å². The first kappa shape index (κ1) is 17.8. The van der Waals surface area contributed by atoms with Crippen LogP contribution in [0.25, 0.3) is 0 Å². The van der Waals surface area contributed by atoms with Crippen molar-refractivity contribution in [3.8, 4) is 11.5 Å². The molecule has 1 heterocycles. The number of rotatable bonds is 5. The lowest BCUT2D eigenvalue weighted by molar-refractivity contribution is 0.171. The van der Waals surface area contributed by atoms with E-state index in [2.05, 4.69) is 10.6 Å². The third kappa shape index (κ3) is 4.36. The number of benzene rings is 2. The summed E-state index contributed by atoms with van der Waals surface area (Å²) < 4.78 is 24.9. The number of halogens is 1. The van der Waals surface area contributed by atoms with Crippen molar-refractivity contribution in [3.63, 3.8) is 0 Å². The van der Waals surface area contributed by atoms with Crippen molar-refractivity contribution in [2.75, 3.05) is 32.2 Å². The van der Waals surface area contributed by atoms with Gasteiger partial charge in [-0.2, -0.15) is 0 Å². The second-order valence-corrected chi connectivity index (χ2v) is 6.19. The fourth-order valence-corrected chi connectivity index (χ4v) is 2.65. The van der Waals surface area contributed by atoms with E-state index in [0.717, 1.165) is 5.56 Å². The Bertz CT molecular complexity index is 796. The number of carbonyl (C=O) groups is 1. The number of nitrogens with one attached hydrogen (secondary N) is 2. The molecular formula is C19H22FN3O3. The zero-order chi connectivity index (χ0) is 18.5. The first-order valence-electron chi connectivity index (χ1n) is 8.39. The quantitative estimate of drug-likeness (QED) is 0.862. The molecular weight excluding hydrogens is 337 g/mol. The van der Waals surface area contributed by atoms with Gasteiger partial charge in [0.1, 0.15) is 19.0 Å². The number of hydrogen-bond acceptors (Lipinski definition) is 4. The second kappa shape index (κ2) is 7.95. The molecule has 0 fully saturated rings. The van der Waals surface area contributed by atoms with Crippen molar-refractivity contribution >= 4 is 11.7 Å². The Labute approximate surface area is 151 Å². The first-order chi connectivity index (χ1) is 12.5. The number of hydrogen-bond donors (Lipinski definition) is 2. The van der Waals surface area contributed by atoms with Crippen LogP contribution in [0.2, 0.25) is 0 Å². The van der Waals surface area contributed by atoms with Crippen molar-refractivity contribution in [3.05, 3.63) is 53.3 Å². The zero-order valence-corrected chi connectivity index (χ0v) is 14.8. The molecule has 2 aromatic rings. The first-order valence-corrected chi connectivity index (χ1v) is 8.39. The Hall–Kier alpha value is -2.96. The normalized spacial score (nSPS) is 12.4. The molecule has 2 amide bonds. The molecule has 0 saturated carbocycles. The van der Waals surface area contributed by atoms with Gasteiger partial charge in [0.25, 0.3) is 0 Å². The molecule has 7 heteroatoms. The summed E-state index contributed by atoms with van der Waals surface area (Å²) in [7, 11) is 3.56.